The molecule has 106 valence electrons. The van der Waals surface area contributed by atoms with Crippen LogP contribution in [0.4, 0.5) is 0 Å². The Labute approximate surface area is 112 Å². The van der Waals surface area contributed by atoms with E-state index >= 15 is 0 Å². The first-order chi connectivity index (χ1) is 8.70. The number of rotatable bonds is 3. The molecule has 1 N–H and O–H groups in total. The summed E-state index contributed by atoms with van der Waals surface area (Å²) >= 11 is 0. The molecular weight excluding hydrogens is 224 g/mol. The predicted molar refractivity (Wildman–Crippen MR) is 75.8 cm³/mol. The zero-order valence-corrected chi connectivity index (χ0v) is 12.3. The molecule has 0 saturated carbocycles. The summed E-state index contributed by atoms with van der Waals surface area (Å²) in [6.45, 7) is 12.7. The van der Waals surface area contributed by atoms with E-state index < -0.39 is 0 Å². The van der Waals surface area contributed by atoms with Crippen molar-refractivity contribution in [1.29, 1.82) is 0 Å². The van der Waals surface area contributed by atoms with Gasteiger partial charge in [0.2, 0.25) is 0 Å². The van der Waals surface area contributed by atoms with Gasteiger partial charge in [-0.25, -0.2) is 0 Å². The molecule has 0 amide bonds. The van der Waals surface area contributed by atoms with Crippen molar-refractivity contribution in [2.75, 3.05) is 32.8 Å². The molecule has 18 heavy (non-hydrogen) atoms. The minimum atomic E-state index is 0.686. The van der Waals surface area contributed by atoms with E-state index in [1.165, 1.54) is 38.9 Å². The fraction of sp³-hybridized carbons (Fsp3) is 1.00. The lowest BCUT2D eigenvalue weighted by Crippen LogP contribution is -2.48. The second kappa shape index (κ2) is 6.88. The SMILES string of the molecule is CCC1CCN(C(C)C2CCOC2)CC(C)CN1. The van der Waals surface area contributed by atoms with E-state index in [0.29, 0.717) is 12.1 Å². The fourth-order valence-electron chi connectivity index (χ4n) is 3.30. The van der Waals surface area contributed by atoms with Crippen LogP contribution in [0.2, 0.25) is 0 Å². The van der Waals surface area contributed by atoms with Crippen LogP contribution in [0.15, 0.2) is 0 Å². The molecule has 0 aromatic rings. The van der Waals surface area contributed by atoms with Crippen molar-refractivity contribution < 1.29 is 4.74 Å². The largest absolute Gasteiger partial charge is 0.381 e. The number of nitrogens with one attached hydrogen (secondary N) is 1. The molecule has 3 nitrogen and oxygen atoms in total. The Morgan fingerprint density at radius 3 is 2.89 bits per heavy atom. The number of hydrogen-bond acceptors (Lipinski definition) is 3. The third-order valence-electron chi connectivity index (χ3n) is 4.78. The van der Waals surface area contributed by atoms with Crippen LogP contribution in [0.5, 0.6) is 0 Å². The smallest absolute Gasteiger partial charge is 0.0509 e. The molecule has 2 aliphatic heterocycles. The zero-order valence-electron chi connectivity index (χ0n) is 12.3. The lowest BCUT2D eigenvalue weighted by atomic mass is 9.96. The van der Waals surface area contributed by atoms with Crippen LogP contribution < -0.4 is 5.32 Å². The van der Waals surface area contributed by atoms with Crippen molar-refractivity contribution in [1.82, 2.24) is 10.2 Å². The van der Waals surface area contributed by atoms with Crippen LogP contribution in [-0.2, 0) is 4.74 Å². The summed E-state index contributed by atoms with van der Waals surface area (Å²) in [6.07, 6.45) is 3.80. The van der Waals surface area contributed by atoms with Crippen molar-refractivity contribution in [3.05, 3.63) is 0 Å². The van der Waals surface area contributed by atoms with Crippen molar-refractivity contribution >= 4 is 0 Å². The van der Waals surface area contributed by atoms with Crippen LogP contribution in [0.3, 0.4) is 0 Å². The van der Waals surface area contributed by atoms with Crippen LogP contribution in [0.25, 0.3) is 0 Å². The fourth-order valence-corrected chi connectivity index (χ4v) is 3.30. The Bertz CT molecular complexity index is 241. The molecular formula is C15H30N2O. The number of ether oxygens (including phenoxy) is 1. The van der Waals surface area contributed by atoms with Gasteiger partial charge in [-0.3, -0.25) is 4.90 Å². The van der Waals surface area contributed by atoms with E-state index in [4.69, 9.17) is 4.74 Å². The van der Waals surface area contributed by atoms with E-state index in [-0.39, 0.29) is 0 Å². The molecule has 0 aromatic heterocycles. The van der Waals surface area contributed by atoms with Crippen molar-refractivity contribution in [2.45, 2.75) is 52.1 Å². The van der Waals surface area contributed by atoms with Crippen molar-refractivity contribution in [3.63, 3.8) is 0 Å². The number of hydrogen-bond donors (Lipinski definition) is 1. The molecule has 0 aliphatic carbocycles. The third-order valence-corrected chi connectivity index (χ3v) is 4.78. The van der Waals surface area contributed by atoms with Gasteiger partial charge in [-0.15, -0.1) is 0 Å². The van der Waals surface area contributed by atoms with Gasteiger partial charge in [0.15, 0.2) is 0 Å². The lowest BCUT2D eigenvalue weighted by Gasteiger charge is -2.37. The normalized spacial score (nSPS) is 37.2. The third kappa shape index (κ3) is 3.69. The minimum Gasteiger partial charge on any atom is -0.381 e. The Morgan fingerprint density at radius 1 is 1.39 bits per heavy atom. The maximum atomic E-state index is 5.56. The van der Waals surface area contributed by atoms with Gasteiger partial charge in [-0.2, -0.15) is 0 Å². The highest BCUT2D eigenvalue weighted by Crippen LogP contribution is 2.23. The van der Waals surface area contributed by atoms with Crippen LogP contribution in [0, 0.1) is 11.8 Å². The van der Waals surface area contributed by atoms with Crippen LogP contribution in [-0.4, -0.2) is 49.8 Å². The van der Waals surface area contributed by atoms with E-state index in [9.17, 15) is 0 Å². The Kier molecular flexibility index (Phi) is 5.46. The molecule has 0 radical (unpaired) electrons. The van der Waals surface area contributed by atoms with Crippen LogP contribution in [0.1, 0.15) is 40.0 Å². The minimum absolute atomic E-state index is 0.686. The first-order valence-corrected chi connectivity index (χ1v) is 7.75. The zero-order chi connectivity index (χ0) is 13.0. The van der Waals surface area contributed by atoms with E-state index in [1.807, 2.05) is 0 Å². The van der Waals surface area contributed by atoms with Gasteiger partial charge in [0.25, 0.3) is 0 Å². The quantitative estimate of drug-likeness (QED) is 0.835. The molecule has 0 bridgehead atoms. The first kappa shape index (κ1) is 14.3. The average Bonchev–Trinajstić information content (AvgIpc) is 2.87. The van der Waals surface area contributed by atoms with E-state index in [0.717, 1.165) is 25.0 Å². The monoisotopic (exact) mass is 254 g/mol. The van der Waals surface area contributed by atoms with E-state index in [1.54, 1.807) is 0 Å². The topological polar surface area (TPSA) is 24.5 Å². The Morgan fingerprint density at radius 2 is 2.22 bits per heavy atom. The summed E-state index contributed by atoms with van der Waals surface area (Å²) in [7, 11) is 0. The van der Waals surface area contributed by atoms with Gasteiger partial charge in [-0.1, -0.05) is 13.8 Å². The molecule has 0 spiro atoms. The summed E-state index contributed by atoms with van der Waals surface area (Å²) in [4.78, 5) is 2.72. The summed E-state index contributed by atoms with van der Waals surface area (Å²) in [6, 6.07) is 1.40. The van der Waals surface area contributed by atoms with Crippen molar-refractivity contribution in [2.24, 2.45) is 11.8 Å². The molecule has 2 fully saturated rings. The Balaban J connectivity index is 1.91. The van der Waals surface area contributed by atoms with Gasteiger partial charge in [0, 0.05) is 25.2 Å². The summed E-state index contributed by atoms with van der Waals surface area (Å²) in [5, 5.41) is 3.70. The van der Waals surface area contributed by atoms with Gasteiger partial charge in [0.05, 0.1) is 6.61 Å². The van der Waals surface area contributed by atoms with E-state index in [2.05, 4.69) is 31.0 Å². The summed E-state index contributed by atoms with van der Waals surface area (Å²) in [5.74, 6) is 1.51. The second-order valence-electron chi connectivity index (χ2n) is 6.27. The molecule has 2 heterocycles. The maximum Gasteiger partial charge on any atom is 0.0509 e. The van der Waals surface area contributed by atoms with Crippen LogP contribution >= 0.6 is 0 Å². The molecule has 2 aliphatic rings. The molecule has 4 unspecified atom stereocenters. The lowest BCUT2D eigenvalue weighted by molar-refractivity contribution is 0.102. The van der Waals surface area contributed by atoms with Gasteiger partial charge in [0.1, 0.15) is 0 Å². The van der Waals surface area contributed by atoms with Gasteiger partial charge in [-0.05, 0) is 51.1 Å². The molecule has 2 rings (SSSR count). The van der Waals surface area contributed by atoms with Crippen molar-refractivity contribution in [3.8, 4) is 0 Å². The van der Waals surface area contributed by atoms with Gasteiger partial charge < -0.3 is 10.1 Å². The highest BCUT2D eigenvalue weighted by atomic mass is 16.5. The number of nitrogens with zero attached hydrogens (tertiary/aromatic N) is 1. The maximum absolute atomic E-state index is 5.56. The molecule has 3 heteroatoms. The highest BCUT2D eigenvalue weighted by Gasteiger charge is 2.29. The second-order valence-corrected chi connectivity index (χ2v) is 6.27. The average molecular weight is 254 g/mol. The molecule has 2 saturated heterocycles. The van der Waals surface area contributed by atoms with Gasteiger partial charge >= 0.3 is 0 Å². The summed E-state index contributed by atoms with van der Waals surface area (Å²) < 4.78 is 5.56. The summed E-state index contributed by atoms with van der Waals surface area (Å²) in [5.41, 5.74) is 0. The standard InChI is InChI=1S/C15H30N2O/c1-4-15-5-7-17(10-12(2)9-16-15)13(3)14-6-8-18-11-14/h12-16H,4-11H2,1-3H3. The Hall–Kier alpha value is -0.120. The molecule has 4 atom stereocenters. The predicted octanol–water partition coefficient (Wildman–Crippen LogP) is 2.12. The first-order valence-electron chi connectivity index (χ1n) is 7.75. The highest BCUT2D eigenvalue weighted by molar-refractivity contribution is 4.83. The molecule has 0 aromatic carbocycles.